The third kappa shape index (κ3) is 5.43. The smallest absolute Gasteiger partial charge is 0.279 e. The zero-order valence-corrected chi connectivity index (χ0v) is 15.3. The molecule has 0 saturated carbocycles. The number of carbonyl (C=O) groups is 1. The predicted molar refractivity (Wildman–Crippen MR) is 99.4 cm³/mol. The molecule has 0 aromatic heterocycles. The van der Waals surface area contributed by atoms with E-state index in [-0.39, 0.29) is 22.0 Å². The SMILES string of the molecule is CC(O)=C(N=Nc1cccc([N+](=O)[O-])c1)C(=O)Nc1ccc(S(N)(=O)=O)cc1. The molecule has 0 aliphatic rings. The van der Waals surface area contributed by atoms with E-state index in [9.17, 15) is 28.4 Å². The molecular formula is C16H15N5O6S. The molecular weight excluding hydrogens is 390 g/mol. The highest BCUT2D eigenvalue weighted by molar-refractivity contribution is 7.89. The van der Waals surface area contributed by atoms with E-state index in [1.54, 1.807) is 0 Å². The van der Waals surface area contributed by atoms with Gasteiger partial charge in [0.15, 0.2) is 5.70 Å². The van der Waals surface area contributed by atoms with Gasteiger partial charge in [0, 0.05) is 17.8 Å². The zero-order chi connectivity index (χ0) is 20.9. The number of nitrogens with zero attached hydrogens (tertiary/aromatic N) is 3. The fourth-order valence-corrected chi connectivity index (χ4v) is 2.49. The van der Waals surface area contributed by atoms with Gasteiger partial charge in [-0.05, 0) is 37.3 Å². The van der Waals surface area contributed by atoms with Gasteiger partial charge in [-0.15, -0.1) is 10.2 Å². The Balaban J connectivity index is 2.20. The maximum atomic E-state index is 12.3. The van der Waals surface area contributed by atoms with Crippen LogP contribution in [-0.2, 0) is 14.8 Å². The molecule has 11 nitrogen and oxygen atoms in total. The molecule has 146 valence electrons. The van der Waals surface area contributed by atoms with Crippen molar-refractivity contribution in [3.63, 3.8) is 0 Å². The van der Waals surface area contributed by atoms with Crippen molar-refractivity contribution in [1.29, 1.82) is 0 Å². The number of aliphatic hydroxyl groups excluding tert-OH is 1. The Bertz CT molecular complexity index is 1070. The van der Waals surface area contributed by atoms with Gasteiger partial charge in [-0.3, -0.25) is 14.9 Å². The van der Waals surface area contributed by atoms with Gasteiger partial charge in [-0.2, -0.15) is 0 Å². The molecule has 0 heterocycles. The molecule has 0 aliphatic carbocycles. The van der Waals surface area contributed by atoms with E-state index >= 15 is 0 Å². The topological polar surface area (TPSA) is 177 Å². The number of nitrogens with two attached hydrogens (primary N) is 1. The molecule has 28 heavy (non-hydrogen) atoms. The molecule has 2 aromatic rings. The monoisotopic (exact) mass is 405 g/mol. The van der Waals surface area contributed by atoms with E-state index in [0.29, 0.717) is 0 Å². The van der Waals surface area contributed by atoms with E-state index < -0.39 is 32.3 Å². The van der Waals surface area contributed by atoms with Crippen LogP contribution in [0.1, 0.15) is 6.92 Å². The van der Waals surface area contributed by atoms with Crippen LogP contribution >= 0.6 is 0 Å². The molecule has 0 fully saturated rings. The summed E-state index contributed by atoms with van der Waals surface area (Å²) in [6.45, 7) is 1.21. The molecule has 4 N–H and O–H groups in total. The van der Waals surface area contributed by atoms with Gasteiger partial charge < -0.3 is 10.4 Å². The van der Waals surface area contributed by atoms with Gasteiger partial charge in [-0.25, -0.2) is 13.6 Å². The highest BCUT2D eigenvalue weighted by atomic mass is 32.2. The normalized spacial score (nSPS) is 12.5. The molecule has 1 amide bonds. The first kappa shape index (κ1) is 20.7. The van der Waals surface area contributed by atoms with E-state index in [4.69, 9.17) is 5.14 Å². The Morgan fingerprint density at radius 1 is 1.21 bits per heavy atom. The molecule has 12 heteroatoms. The maximum absolute atomic E-state index is 12.3. The Hall–Kier alpha value is -3.64. The summed E-state index contributed by atoms with van der Waals surface area (Å²) in [5, 5.41) is 35.2. The summed E-state index contributed by atoms with van der Waals surface area (Å²) in [4.78, 5) is 22.3. The summed E-state index contributed by atoms with van der Waals surface area (Å²) in [6.07, 6.45) is 0. The fraction of sp³-hybridized carbons (Fsp3) is 0.0625. The average Bonchev–Trinajstić information content (AvgIpc) is 2.61. The van der Waals surface area contributed by atoms with Crippen molar-refractivity contribution in [3.8, 4) is 0 Å². The minimum Gasteiger partial charge on any atom is -0.510 e. The Kier molecular flexibility index (Phi) is 6.18. The predicted octanol–water partition coefficient (Wildman–Crippen LogP) is 2.75. The zero-order valence-electron chi connectivity index (χ0n) is 14.4. The number of nitro benzene ring substituents is 1. The van der Waals surface area contributed by atoms with E-state index in [2.05, 4.69) is 15.5 Å². The van der Waals surface area contributed by atoms with Crippen LogP contribution < -0.4 is 10.5 Å². The Labute approximate surface area is 159 Å². The van der Waals surface area contributed by atoms with Crippen LogP contribution in [-0.4, -0.2) is 24.4 Å². The van der Waals surface area contributed by atoms with Crippen molar-refractivity contribution >= 4 is 33.0 Å². The molecule has 0 unspecified atom stereocenters. The van der Waals surface area contributed by atoms with Crippen LogP contribution in [0.15, 0.2) is 75.1 Å². The number of sulfonamides is 1. The van der Waals surface area contributed by atoms with Crippen molar-refractivity contribution in [1.82, 2.24) is 0 Å². The molecule has 0 aliphatic heterocycles. The second-order valence-corrected chi connectivity index (χ2v) is 7.00. The summed E-state index contributed by atoms with van der Waals surface area (Å²) < 4.78 is 22.5. The van der Waals surface area contributed by atoms with Gasteiger partial charge in [0.25, 0.3) is 11.6 Å². The minimum atomic E-state index is -3.87. The van der Waals surface area contributed by atoms with Crippen molar-refractivity contribution in [2.24, 2.45) is 15.4 Å². The van der Waals surface area contributed by atoms with Gasteiger partial charge >= 0.3 is 0 Å². The Morgan fingerprint density at radius 2 is 1.86 bits per heavy atom. The molecule has 0 bridgehead atoms. The molecule has 2 aromatic carbocycles. The first-order chi connectivity index (χ1) is 13.1. The number of nitro groups is 1. The van der Waals surface area contributed by atoms with Crippen LogP contribution in [0.3, 0.4) is 0 Å². The average molecular weight is 405 g/mol. The maximum Gasteiger partial charge on any atom is 0.279 e. The number of hydrogen-bond acceptors (Lipinski definition) is 8. The van der Waals surface area contributed by atoms with Gasteiger partial charge in [0.2, 0.25) is 10.0 Å². The summed E-state index contributed by atoms with van der Waals surface area (Å²) >= 11 is 0. The lowest BCUT2D eigenvalue weighted by Crippen LogP contribution is -2.15. The van der Waals surface area contributed by atoms with Gasteiger partial charge in [0.1, 0.15) is 5.76 Å². The number of aliphatic hydroxyl groups is 1. The number of rotatable bonds is 6. The third-order valence-corrected chi connectivity index (χ3v) is 4.23. The van der Waals surface area contributed by atoms with E-state index in [0.717, 1.165) is 6.07 Å². The summed E-state index contributed by atoms with van der Waals surface area (Å²) in [5.41, 5.74) is -0.302. The number of benzene rings is 2. The Morgan fingerprint density at radius 3 is 2.39 bits per heavy atom. The van der Waals surface area contributed by atoms with Crippen molar-refractivity contribution in [2.75, 3.05) is 5.32 Å². The highest BCUT2D eigenvalue weighted by Crippen LogP contribution is 2.21. The number of non-ortho nitro benzene ring substituents is 1. The minimum absolute atomic E-state index is 0.109. The lowest BCUT2D eigenvalue weighted by molar-refractivity contribution is -0.384. The van der Waals surface area contributed by atoms with Crippen molar-refractivity contribution < 1.29 is 23.2 Å². The largest absolute Gasteiger partial charge is 0.510 e. The quantitative estimate of drug-likeness (QED) is 0.219. The lowest BCUT2D eigenvalue weighted by Gasteiger charge is -2.06. The number of nitrogens with one attached hydrogen (secondary N) is 1. The van der Waals surface area contributed by atoms with Crippen molar-refractivity contribution in [3.05, 3.63) is 70.1 Å². The lowest BCUT2D eigenvalue weighted by atomic mass is 10.3. The second-order valence-electron chi connectivity index (χ2n) is 5.43. The standard InChI is InChI=1S/C16H15N5O6S/c1-10(22)15(20-19-12-3-2-4-13(9-12)21(24)25)16(23)18-11-5-7-14(8-6-11)28(17,26)27/h2-9,22H,1H3,(H,18,23)(H2,17,26,27). The van der Waals surface area contributed by atoms with Gasteiger partial charge in [-0.1, -0.05) is 6.07 Å². The molecule has 0 radical (unpaired) electrons. The van der Waals surface area contributed by atoms with E-state index in [1.807, 2.05) is 0 Å². The molecule has 0 saturated heterocycles. The van der Waals surface area contributed by atoms with Crippen LogP contribution in [0.25, 0.3) is 0 Å². The number of azo groups is 1. The molecule has 0 atom stereocenters. The van der Waals surface area contributed by atoms with Crippen LogP contribution in [0, 0.1) is 10.1 Å². The first-order valence-corrected chi connectivity index (χ1v) is 9.13. The number of allylic oxidation sites excluding steroid dienone is 1. The third-order valence-electron chi connectivity index (χ3n) is 3.30. The number of carbonyl (C=O) groups excluding carboxylic acids is 1. The van der Waals surface area contributed by atoms with Crippen LogP contribution in [0.5, 0.6) is 0 Å². The van der Waals surface area contributed by atoms with E-state index in [1.165, 1.54) is 49.4 Å². The number of primary sulfonamides is 1. The second kappa shape index (κ2) is 8.37. The van der Waals surface area contributed by atoms with Gasteiger partial charge in [0.05, 0.1) is 15.5 Å². The highest BCUT2D eigenvalue weighted by Gasteiger charge is 2.15. The fourth-order valence-electron chi connectivity index (χ4n) is 1.98. The molecule has 0 spiro atoms. The molecule has 2 rings (SSSR count). The summed E-state index contributed by atoms with van der Waals surface area (Å²) in [6, 6.07) is 10.3. The van der Waals surface area contributed by atoms with Crippen LogP contribution in [0.2, 0.25) is 0 Å². The summed E-state index contributed by atoms with van der Waals surface area (Å²) in [7, 11) is -3.87. The van der Waals surface area contributed by atoms with Crippen molar-refractivity contribution in [2.45, 2.75) is 11.8 Å². The summed E-state index contributed by atoms with van der Waals surface area (Å²) in [5.74, 6) is -1.26. The van der Waals surface area contributed by atoms with Crippen LogP contribution in [0.4, 0.5) is 17.1 Å². The first-order valence-electron chi connectivity index (χ1n) is 7.58. The number of anilines is 1. The number of hydrogen-bond donors (Lipinski definition) is 3. The number of amides is 1.